The topological polar surface area (TPSA) is 75.5 Å². The first-order valence-corrected chi connectivity index (χ1v) is 10.1. The second kappa shape index (κ2) is 9.38. The molecule has 1 aliphatic heterocycles. The van der Waals surface area contributed by atoms with Crippen LogP contribution < -0.4 is 20.3 Å². The zero-order valence-corrected chi connectivity index (χ0v) is 16.8. The molecule has 1 aliphatic rings. The fourth-order valence-corrected chi connectivity index (χ4v) is 3.31. The number of hydrogen-bond acceptors (Lipinski definition) is 6. The van der Waals surface area contributed by atoms with E-state index in [4.69, 9.17) is 21.4 Å². The number of piperidine rings is 1. The molecule has 8 heteroatoms. The maximum atomic E-state index is 5.95. The Morgan fingerprint density at radius 3 is 2.66 bits per heavy atom. The molecule has 0 radical (unpaired) electrons. The standard InChI is InChI=1S/C21H23N5O2S/c29-21(22-15-17-10-7-13-27-17)25-20-23-18(26-11-5-2-6-12-26)14-19(24-20)28-16-8-3-1-4-9-16/h1,3-4,7-10,13-14H,2,5-6,11-12,15H2,(H2,22,23,24,25,29). The van der Waals surface area contributed by atoms with Crippen molar-refractivity contribution in [1.82, 2.24) is 15.3 Å². The summed E-state index contributed by atoms with van der Waals surface area (Å²) in [5.74, 6) is 3.23. The third kappa shape index (κ3) is 5.45. The van der Waals surface area contributed by atoms with Crippen LogP contribution in [0.5, 0.6) is 11.6 Å². The monoisotopic (exact) mass is 409 g/mol. The lowest BCUT2D eigenvalue weighted by molar-refractivity contribution is 0.461. The Kier molecular flexibility index (Phi) is 6.21. The van der Waals surface area contributed by atoms with E-state index in [9.17, 15) is 0 Å². The number of furan rings is 1. The average molecular weight is 410 g/mol. The van der Waals surface area contributed by atoms with Crippen molar-refractivity contribution >= 4 is 29.1 Å². The summed E-state index contributed by atoms with van der Waals surface area (Å²) in [6.45, 7) is 2.43. The summed E-state index contributed by atoms with van der Waals surface area (Å²) in [5, 5.41) is 6.57. The van der Waals surface area contributed by atoms with Gasteiger partial charge in [-0.05, 0) is 55.7 Å². The molecule has 1 saturated heterocycles. The van der Waals surface area contributed by atoms with Crippen molar-refractivity contribution < 1.29 is 9.15 Å². The van der Waals surface area contributed by atoms with Crippen molar-refractivity contribution in [2.24, 2.45) is 0 Å². The summed E-state index contributed by atoms with van der Waals surface area (Å²) in [6.07, 6.45) is 5.20. The van der Waals surface area contributed by atoms with Crippen LogP contribution in [0.4, 0.5) is 11.8 Å². The van der Waals surface area contributed by atoms with Crippen molar-refractivity contribution in [3.05, 3.63) is 60.6 Å². The van der Waals surface area contributed by atoms with Gasteiger partial charge in [-0.1, -0.05) is 18.2 Å². The van der Waals surface area contributed by atoms with E-state index >= 15 is 0 Å². The molecule has 7 nitrogen and oxygen atoms in total. The molecule has 1 aromatic carbocycles. The summed E-state index contributed by atoms with van der Waals surface area (Å²) >= 11 is 5.38. The molecule has 0 aliphatic carbocycles. The van der Waals surface area contributed by atoms with Crippen molar-refractivity contribution in [2.45, 2.75) is 25.8 Å². The van der Waals surface area contributed by atoms with Crippen molar-refractivity contribution in [3.63, 3.8) is 0 Å². The number of hydrogen-bond donors (Lipinski definition) is 2. The van der Waals surface area contributed by atoms with E-state index in [2.05, 4.69) is 25.5 Å². The van der Waals surface area contributed by atoms with E-state index in [0.717, 1.165) is 43.3 Å². The first-order chi connectivity index (χ1) is 14.3. The van der Waals surface area contributed by atoms with Gasteiger partial charge in [-0.3, -0.25) is 0 Å². The summed E-state index contributed by atoms with van der Waals surface area (Å²) in [6, 6.07) is 15.2. The smallest absolute Gasteiger partial charge is 0.234 e. The third-order valence-electron chi connectivity index (χ3n) is 4.56. The number of aromatic nitrogens is 2. The van der Waals surface area contributed by atoms with Crippen LogP contribution >= 0.6 is 12.2 Å². The van der Waals surface area contributed by atoms with Gasteiger partial charge in [0.05, 0.1) is 12.8 Å². The Hall–Kier alpha value is -3.13. The van der Waals surface area contributed by atoms with Gasteiger partial charge >= 0.3 is 0 Å². The van der Waals surface area contributed by atoms with Gasteiger partial charge in [0.1, 0.15) is 17.3 Å². The Bertz CT molecular complexity index is 928. The predicted octanol–water partition coefficient (Wildman–Crippen LogP) is 4.34. The molecule has 3 aromatic rings. The van der Waals surface area contributed by atoms with Crippen molar-refractivity contribution in [3.8, 4) is 11.6 Å². The third-order valence-corrected chi connectivity index (χ3v) is 4.81. The van der Waals surface area contributed by atoms with E-state index in [1.54, 1.807) is 6.26 Å². The number of nitrogens with zero attached hydrogens (tertiary/aromatic N) is 3. The summed E-state index contributed by atoms with van der Waals surface area (Å²) in [5.41, 5.74) is 0. The number of ether oxygens (including phenoxy) is 1. The number of para-hydroxylation sites is 1. The first kappa shape index (κ1) is 19.2. The average Bonchev–Trinajstić information content (AvgIpc) is 3.27. The second-order valence-electron chi connectivity index (χ2n) is 6.74. The highest BCUT2D eigenvalue weighted by Crippen LogP contribution is 2.26. The Morgan fingerprint density at radius 1 is 1.07 bits per heavy atom. The fourth-order valence-electron chi connectivity index (χ4n) is 3.14. The van der Waals surface area contributed by atoms with E-state index in [1.807, 2.05) is 48.5 Å². The minimum Gasteiger partial charge on any atom is -0.467 e. The fraction of sp³-hybridized carbons (Fsp3) is 0.286. The largest absolute Gasteiger partial charge is 0.467 e. The molecule has 0 atom stereocenters. The minimum atomic E-state index is 0.399. The van der Waals surface area contributed by atoms with Crippen LogP contribution in [0, 0.1) is 0 Å². The molecule has 0 amide bonds. The van der Waals surface area contributed by atoms with E-state index in [1.165, 1.54) is 6.42 Å². The van der Waals surface area contributed by atoms with Crippen LogP contribution in [-0.2, 0) is 6.54 Å². The summed E-state index contributed by atoms with van der Waals surface area (Å²) in [4.78, 5) is 11.4. The number of nitrogens with one attached hydrogen (secondary N) is 2. The number of thiocarbonyl (C=S) groups is 1. The predicted molar refractivity (Wildman–Crippen MR) is 116 cm³/mol. The van der Waals surface area contributed by atoms with Gasteiger partial charge in [-0.2, -0.15) is 9.97 Å². The van der Waals surface area contributed by atoms with Gasteiger partial charge in [-0.25, -0.2) is 0 Å². The highest BCUT2D eigenvalue weighted by atomic mass is 32.1. The van der Waals surface area contributed by atoms with E-state index in [0.29, 0.717) is 23.5 Å². The van der Waals surface area contributed by atoms with Crippen LogP contribution in [0.3, 0.4) is 0 Å². The number of rotatable bonds is 6. The van der Waals surface area contributed by atoms with Crippen LogP contribution in [0.25, 0.3) is 0 Å². The van der Waals surface area contributed by atoms with Crippen molar-refractivity contribution in [1.29, 1.82) is 0 Å². The molecular formula is C21H23N5O2S. The highest BCUT2D eigenvalue weighted by Gasteiger charge is 2.16. The Morgan fingerprint density at radius 2 is 1.90 bits per heavy atom. The number of benzene rings is 1. The summed E-state index contributed by atoms with van der Waals surface area (Å²) in [7, 11) is 0. The van der Waals surface area contributed by atoms with Crippen LogP contribution in [-0.4, -0.2) is 28.2 Å². The second-order valence-corrected chi connectivity index (χ2v) is 7.15. The Labute approximate surface area is 175 Å². The number of anilines is 2. The van der Waals surface area contributed by atoms with Gasteiger partial charge in [0, 0.05) is 19.2 Å². The molecule has 29 heavy (non-hydrogen) atoms. The van der Waals surface area contributed by atoms with E-state index < -0.39 is 0 Å². The van der Waals surface area contributed by atoms with Gasteiger partial charge < -0.3 is 24.7 Å². The molecule has 1 fully saturated rings. The molecule has 0 saturated carbocycles. The maximum absolute atomic E-state index is 5.95. The molecule has 3 heterocycles. The molecule has 4 rings (SSSR count). The highest BCUT2D eigenvalue weighted by molar-refractivity contribution is 7.80. The van der Waals surface area contributed by atoms with Crippen LogP contribution in [0.2, 0.25) is 0 Å². The van der Waals surface area contributed by atoms with Gasteiger partial charge in [-0.15, -0.1) is 0 Å². The lowest BCUT2D eigenvalue weighted by atomic mass is 10.1. The Balaban J connectivity index is 1.51. The zero-order valence-electron chi connectivity index (χ0n) is 16.0. The molecular weight excluding hydrogens is 386 g/mol. The summed E-state index contributed by atoms with van der Waals surface area (Å²) < 4.78 is 11.3. The van der Waals surface area contributed by atoms with E-state index in [-0.39, 0.29) is 0 Å². The molecule has 0 bridgehead atoms. The van der Waals surface area contributed by atoms with Gasteiger partial charge in [0.15, 0.2) is 5.11 Å². The molecule has 0 spiro atoms. The lowest BCUT2D eigenvalue weighted by Gasteiger charge is -2.28. The zero-order chi connectivity index (χ0) is 19.9. The molecule has 0 unspecified atom stereocenters. The maximum Gasteiger partial charge on any atom is 0.234 e. The quantitative estimate of drug-likeness (QED) is 0.583. The normalized spacial score (nSPS) is 13.7. The van der Waals surface area contributed by atoms with Crippen LogP contribution in [0.15, 0.2) is 59.2 Å². The first-order valence-electron chi connectivity index (χ1n) is 9.70. The van der Waals surface area contributed by atoms with Crippen LogP contribution in [0.1, 0.15) is 25.0 Å². The minimum absolute atomic E-state index is 0.399. The van der Waals surface area contributed by atoms with Crippen molar-refractivity contribution in [2.75, 3.05) is 23.3 Å². The van der Waals surface area contributed by atoms with Gasteiger partial charge in [0.25, 0.3) is 0 Å². The van der Waals surface area contributed by atoms with Gasteiger partial charge in [0.2, 0.25) is 11.8 Å². The molecule has 2 N–H and O–H groups in total. The SMILES string of the molecule is S=C(NCc1ccco1)Nc1nc(Oc2ccccc2)cc(N2CCCCC2)n1. The lowest BCUT2D eigenvalue weighted by Crippen LogP contribution is -2.31. The molecule has 2 aromatic heterocycles. The molecule has 150 valence electrons.